The van der Waals surface area contributed by atoms with Gasteiger partial charge < -0.3 is 15.0 Å². The molecular formula is C31H41N3O3S. The van der Waals surface area contributed by atoms with Crippen molar-refractivity contribution in [1.82, 2.24) is 4.90 Å². The van der Waals surface area contributed by atoms with Crippen LogP contribution < -0.4 is 5.32 Å². The molecular weight excluding hydrogens is 494 g/mol. The maximum Gasteiger partial charge on any atom is 0.293 e. The van der Waals surface area contributed by atoms with Crippen LogP contribution in [0.2, 0.25) is 0 Å². The van der Waals surface area contributed by atoms with Crippen LogP contribution in [-0.4, -0.2) is 54.6 Å². The molecule has 0 saturated heterocycles. The zero-order chi connectivity index (χ0) is 27.7. The van der Waals surface area contributed by atoms with Gasteiger partial charge in [0.15, 0.2) is 0 Å². The average Bonchev–Trinajstić information content (AvgIpc) is 3.27. The summed E-state index contributed by atoms with van der Waals surface area (Å²) in [4.78, 5) is 30.7. The number of rotatable bonds is 7. The first-order valence-electron chi connectivity index (χ1n) is 13.4. The molecule has 2 aromatic carbocycles. The number of hydrogen-bond acceptors (Lipinski definition) is 5. The summed E-state index contributed by atoms with van der Waals surface area (Å²) in [6, 6.07) is 13.2. The van der Waals surface area contributed by atoms with Crippen molar-refractivity contribution >= 4 is 41.7 Å². The fourth-order valence-electron chi connectivity index (χ4n) is 4.41. The van der Waals surface area contributed by atoms with Crippen molar-refractivity contribution in [2.45, 2.75) is 70.8 Å². The SMILES string of the molecule is CC(C)(C)OC=O.CCCN(CCC)C(=O)C1=Cc2ccc(-c3ccc4c(c3)SCC4)cc2NC(=NC)C1. The number of aliphatic imine (C=N–C) groups is 1. The van der Waals surface area contributed by atoms with E-state index in [2.05, 4.69) is 65.3 Å². The second-order valence-electron chi connectivity index (χ2n) is 10.5. The van der Waals surface area contributed by atoms with Crippen molar-refractivity contribution < 1.29 is 14.3 Å². The van der Waals surface area contributed by atoms with E-state index in [4.69, 9.17) is 0 Å². The number of hydrogen-bond donors (Lipinski definition) is 1. The Morgan fingerprint density at radius 2 is 1.79 bits per heavy atom. The lowest BCUT2D eigenvalue weighted by Crippen LogP contribution is -2.34. The molecule has 0 radical (unpaired) electrons. The molecule has 6 nitrogen and oxygen atoms in total. The van der Waals surface area contributed by atoms with Crippen LogP contribution >= 0.6 is 11.8 Å². The molecule has 0 fully saturated rings. The minimum absolute atomic E-state index is 0.124. The predicted octanol–water partition coefficient (Wildman–Crippen LogP) is 6.84. The Morgan fingerprint density at radius 3 is 2.39 bits per heavy atom. The number of carbonyl (C=O) groups excluding carboxylic acids is 2. The maximum absolute atomic E-state index is 13.3. The molecule has 204 valence electrons. The maximum atomic E-state index is 13.3. The first-order valence-corrected chi connectivity index (χ1v) is 14.4. The summed E-state index contributed by atoms with van der Waals surface area (Å²) in [6.45, 7) is 11.7. The molecule has 1 N–H and O–H groups in total. The van der Waals surface area contributed by atoms with Gasteiger partial charge in [0.2, 0.25) is 5.91 Å². The van der Waals surface area contributed by atoms with E-state index in [1.807, 2.05) is 43.5 Å². The normalized spacial score (nSPS) is 15.2. The van der Waals surface area contributed by atoms with E-state index in [0.29, 0.717) is 12.9 Å². The minimum Gasteiger partial charge on any atom is -0.462 e. The zero-order valence-corrected chi connectivity index (χ0v) is 24.4. The molecule has 7 heteroatoms. The lowest BCUT2D eigenvalue weighted by atomic mass is 9.99. The van der Waals surface area contributed by atoms with E-state index in [9.17, 15) is 9.59 Å². The number of anilines is 1. The molecule has 38 heavy (non-hydrogen) atoms. The van der Waals surface area contributed by atoms with Crippen LogP contribution in [0.3, 0.4) is 0 Å². The summed E-state index contributed by atoms with van der Waals surface area (Å²) in [5.41, 5.74) is 6.39. The molecule has 2 aromatic rings. The van der Waals surface area contributed by atoms with Crippen molar-refractivity contribution in [2.24, 2.45) is 4.99 Å². The molecule has 2 heterocycles. The molecule has 0 unspecified atom stereocenters. The molecule has 4 rings (SSSR count). The summed E-state index contributed by atoms with van der Waals surface area (Å²) >= 11 is 1.94. The highest BCUT2D eigenvalue weighted by Gasteiger charge is 2.22. The monoisotopic (exact) mass is 535 g/mol. The predicted molar refractivity (Wildman–Crippen MR) is 160 cm³/mol. The first-order chi connectivity index (χ1) is 18.2. The van der Waals surface area contributed by atoms with Gasteiger partial charge in [-0.1, -0.05) is 38.1 Å². The van der Waals surface area contributed by atoms with Gasteiger partial charge in [-0.3, -0.25) is 14.6 Å². The third kappa shape index (κ3) is 7.97. The van der Waals surface area contributed by atoms with E-state index >= 15 is 0 Å². The number of carbonyl (C=O) groups is 2. The molecule has 1 amide bonds. The third-order valence-corrected chi connectivity index (χ3v) is 7.37. The molecule has 0 saturated carbocycles. The molecule has 0 atom stereocenters. The van der Waals surface area contributed by atoms with Crippen LogP contribution in [-0.2, 0) is 20.7 Å². The van der Waals surface area contributed by atoms with E-state index in [0.717, 1.165) is 55.0 Å². The standard InChI is InChI=1S/C26H31N3OS.C5H10O2/c1-4-11-29(12-5-2)26(30)22-14-21-9-8-19(15-23(21)28-25(17-22)27-3)20-7-6-18-10-13-31-24(18)16-20;1-5(2,3)7-4-6/h6-9,14-16H,4-5,10-13,17H2,1-3H3,(H,27,28);4H,1-3H3. The quantitative estimate of drug-likeness (QED) is 0.393. The number of nitrogens with one attached hydrogen (secondary N) is 1. The fraction of sp³-hybridized carbons (Fsp3) is 0.452. The topological polar surface area (TPSA) is 71.0 Å². The van der Waals surface area contributed by atoms with Gasteiger partial charge >= 0.3 is 0 Å². The number of thioether (sulfide) groups is 1. The van der Waals surface area contributed by atoms with E-state index < -0.39 is 0 Å². The molecule has 0 aliphatic carbocycles. The van der Waals surface area contributed by atoms with Crippen molar-refractivity contribution in [3.63, 3.8) is 0 Å². The Hall–Kier alpha value is -3.06. The number of amides is 1. The Balaban J connectivity index is 0.000000505. The first kappa shape index (κ1) is 29.5. The Morgan fingerprint density at radius 1 is 1.11 bits per heavy atom. The van der Waals surface area contributed by atoms with E-state index in [1.54, 1.807) is 7.05 Å². The largest absolute Gasteiger partial charge is 0.462 e. The number of ether oxygens (including phenoxy) is 1. The fourth-order valence-corrected chi connectivity index (χ4v) is 5.52. The number of benzene rings is 2. The second kappa shape index (κ2) is 13.7. The van der Waals surface area contributed by atoms with Crippen molar-refractivity contribution in [1.29, 1.82) is 0 Å². The van der Waals surface area contributed by atoms with Gasteiger partial charge in [-0.15, -0.1) is 11.8 Å². The van der Waals surface area contributed by atoms with Crippen LogP contribution in [0.1, 0.15) is 65.0 Å². The lowest BCUT2D eigenvalue weighted by molar-refractivity contribution is -0.138. The molecule has 2 aliphatic rings. The average molecular weight is 536 g/mol. The van der Waals surface area contributed by atoms with E-state index in [1.165, 1.54) is 27.3 Å². The van der Waals surface area contributed by atoms with Crippen LogP contribution in [0.5, 0.6) is 0 Å². The number of nitrogens with zero attached hydrogens (tertiary/aromatic N) is 2. The van der Waals surface area contributed by atoms with Gasteiger partial charge in [0.25, 0.3) is 6.47 Å². The Kier molecular flexibility index (Phi) is 10.6. The summed E-state index contributed by atoms with van der Waals surface area (Å²) in [5, 5.41) is 3.48. The van der Waals surface area contributed by atoms with Gasteiger partial charge in [0.05, 0.1) is 0 Å². The third-order valence-electron chi connectivity index (χ3n) is 6.27. The van der Waals surface area contributed by atoms with Crippen molar-refractivity contribution in [3.05, 3.63) is 53.1 Å². The number of aryl methyl sites for hydroxylation is 1. The summed E-state index contributed by atoms with van der Waals surface area (Å²) in [7, 11) is 1.78. The molecule has 2 aliphatic heterocycles. The van der Waals surface area contributed by atoms with E-state index in [-0.39, 0.29) is 11.5 Å². The number of amidine groups is 1. The number of fused-ring (bicyclic) bond motifs is 2. The highest BCUT2D eigenvalue weighted by molar-refractivity contribution is 7.99. The van der Waals surface area contributed by atoms with Gasteiger partial charge in [-0.2, -0.15) is 0 Å². The summed E-state index contributed by atoms with van der Waals surface area (Å²) in [5.74, 6) is 2.13. The second-order valence-corrected chi connectivity index (χ2v) is 11.6. The highest BCUT2D eigenvalue weighted by atomic mass is 32.2. The van der Waals surface area contributed by atoms with Crippen LogP contribution in [0.25, 0.3) is 17.2 Å². The van der Waals surface area contributed by atoms with Crippen LogP contribution in [0.15, 0.2) is 51.9 Å². The van der Waals surface area contributed by atoms with Gasteiger partial charge in [-0.25, -0.2) is 0 Å². The zero-order valence-electron chi connectivity index (χ0n) is 23.6. The highest BCUT2D eigenvalue weighted by Crippen LogP contribution is 2.36. The summed E-state index contributed by atoms with van der Waals surface area (Å²) in [6.07, 6.45) is 5.66. The van der Waals surface area contributed by atoms with Crippen LogP contribution in [0.4, 0.5) is 5.69 Å². The Labute approximate surface area is 231 Å². The minimum atomic E-state index is -0.318. The van der Waals surface area contributed by atoms with Crippen LogP contribution in [0, 0.1) is 0 Å². The summed E-state index contributed by atoms with van der Waals surface area (Å²) < 4.78 is 4.55. The van der Waals surface area contributed by atoms with Crippen molar-refractivity contribution in [2.75, 3.05) is 31.2 Å². The lowest BCUT2D eigenvalue weighted by Gasteiger charge is -2.22. The Bertz CT molecular complexity index is 1190. The van der Waals surface area contributed by atoms with Crippen molar-refractivity contribution in [3.8, 4) is 11.1 Å². The van der Waals surface area contributed by atoms with Gasteiger partial charge in [0, 0.05) is 48.5 Å². The molecule has 0 aromatic heterocycles. The smallest absolute Gasteiger partial charge is 0.293 e. The molecule has 0 bridgehead atoms. The van der Waals surface area contributed by atoms with Gasteiger partial charge in [0.1, 0.15) is 11.4 Å². The molecule has 0 spiro atoms. The van der Waals surface area contributed by atoms with Gasteiger partial charge in [-0.05, 0) is 80.5 Å².